The van der Waals surface area contributed by atoms with Crippen LogP contribution in [0.3, 0.4) is 0 Å². The Labute approximate surface area is 150 Å². The Morgan fingerprint density at radius 3 is 2.17 bits per heavy atom. The highest BCUT2D eigenvalue weighted by Gasteiger charge is 2.01. The Morgan fingerprint density at radius 2 is 1.57 bits per heavy atom. The van der Waals surface area contributed by atoms with Crippen LogP contribution in [0.5, 0.6) is 5.75 Å². The minimum absolute atomic E-state index is 0.250. The molecule has 0 saturated carbocycles. The van der Waals surface area contributed by atoms with E-state index in [1.807, 2.05) is 12.1 Å². The fourth-order valence-electron chi connectivity index (χ4n) is 2.53. The monoisotopic (exact) mass is 382 g/mol. The number of carbonyl (C=O) groups is 1. The number of rotatable bonds is 14. The summed E-state index contributed by atoms with van der Waals surface area (Å²) in [5.74, 6) is 1.18. The summed E-state index contributed by atoms with van der Waals surface area (Å²) < 4.78 is 5.78. The van der Waals surface area contributed by atoms with Crippen LogP contribution in [0.2, 0.25) is 0 Å². The average molecular weight is 383 g/mol. The zero-order chi connectivity index (χ0) is 16.8. The predicted molar refractivity (Wildman–Crippen MR) is 102 cm³/mol. The van der Waals surface area contributed by atoms with E-state index in [1.165, 1.54) is 50.5 Å². The summed E-state index contributed by atoms with van der Waals surface area (Å²) in [6.07, 6.45) is 12.0. The molecule has 0 saturated heterocycles. The van der Waals surface area contributed by atoms with Gasteiger partial charge in [-0.1, -0.05) is 79.9 Å². The third kappa shape index (κ3) is 10.5. The molecule has 1 aromatic carbocycles. The van der Waals surface area contributed by atoms with E-state index >= 15 is 0 Å². The van der Waals surface area contributed by atoms with Gasteiger partial charge in [-0.2, -0.15) is 0 Å². The Bertz CT molecular complexity index is 414. The van der Waals surface area contributed by atoms with Crippen molar-refractivity contribution in [3.05, 3.63) is 29.8 Å². The molecule has 1 aromatic rings. The van der Waals surface area contributed by atoms with Crippen molar-refractivity contribution in [1.29, 1.82) is 0 Å². The smallest absolute Gasteiger partial charge is 0.143 e. The molecule has 130 valence electrons. The number of halogens is 1. The lowest BCUT2D eigenvalue weighted by molar-refractivity contribution is -0.116. The Balaban J connectivity index is 2.06. The van der Waals surface area contributed by atoms with Crippen molar-refractivity contribution in [2.75, 3.05) is 11.9 Å². The molecule has 0 spiro atoms. The van der Waals surface area contributed by atoms with Crippen molar-refractivity contribution in [2.24, 2.45) is 0 Å². The van der Waals surface area contributed by atoms with Gasteiger partial charge in [0.15, 0.2) is 0 Å². The highest BCUT2D eigenvalue weighted by Crippen LogP contribution is 2.15. The molecule has 0 aliphatic heterocycles. The summed E-state index contributed by atoms with van der Waals surface area (Å²) in [7, 11) is 0. The first-order valence-electron chi connectivity index (χ1n) is 9.05. The zero-order valence-corrected chi connectivity index (χ0v) is 16.1. The van der Waals surface area contributed by atoms with E-state index in [2.05, 4.69) is 35.0 Å². The zero-order valence-electron chi connectivity index (χ0n) is 14.5. The number of carbonyl (C=O) groups excluding carboxylic acids is 1. The molecular formula is C20H31BrO2. The van der Waals surface area contributed by atoms with Crippen molar-refractivity contribution in [3.8, 4) is 5.75 Å². The molecule has 0 unspecified atom stereocenters. The van der Waals surface area contributed by atoms with E-state index in [4.69, 9.17) is 4.74 Å². The molecule has 0 aliphatic rings. The number of hydrogen-bond acceptors (Lipinski definition) is 2. The number of ether oxygens (including phenoxy) is 1. The molecule has 0 atom stereocenters. The maximum absolute atomic E-state index is 11.3. The lowest BCUT2D eigenvalue weighted by Gasteiger charge is -2.07. The normalized spacial score (nSPS) is 10.7. The van der Waals surface area contributed by atoms with E-state index in [0.717, 1.165) is 25.2 Å². The first-order valence-corrected chi connectivity index (χ1v) is 10.2. The van der Waals surface area contributed by atoms with E-state index in [9.17, 15) is 4.79 Å². The molecule has 0 amide bonds. The van der Waals surface area contributed by atoms with Crippen LogP contribution in [0.25, 0.3) is 0 Å². The van der Waals surface area contributed by atoms with Crippen molar-refractivity contribution in [2.45, 2.75) is 71.1 Å². The topological polar surface area (TPSA) is 26.3 Å². The molecular weight excluding hydrogens is 352 g/mol. The second-order valence-corrected chi connectivity index (χ2v) is 6.70. The van der Waals surface area contributed by atoms with E-state index in [1.54, 1.807) is 0 Å². The van der Waals surface area contributed by atoms with Crippen LogP contribution >= 0.6 is 15.9 Å². The molecule has 2 nitrogen and oxygen atoms in total. The van der Waals surface area contributed by atoms with Gasteiger partial charge in [0.2, 0.25) is 0 Å². The van der Waals surface area contributed by atoms with Gasteiger partial charge in [0.05, 0.1) is 11.9 Å². The lowest BCUT2D eigenvalue weighted by atomic mass is 10.1. The van der Waals surface area contributed by atoms with Crippen molar-refractivity contribution in [1.82, 2.24) is 0 Å². The van der Waals surface area contributed by atoms with Crippen LogP contribution in [0, 0.1) is 0 Å². The quantitative estimate of drug-likeness (QED) is 0.286. The predicted octanol–water partition coefficient (Wildman–Crippen LogP) is 6.10. The maximum Gasteiger partial charge on any atom is 0.143 e. The van der Waals surface area contributed by atoms with Crippen LogP contribution in [0.15, 0.2) is 24.3 Å². The number of alkyl halides is 1. The highest BCUT2D eigenvalue weighted by molar-refractivity contribution is 9.09. The average Bonchev–Trinajstić information content (AvgIpc) is 2.59. The second-order valence-electron chi connectivity index (χ2n) is 6.14. The summed E-state index contributed by atoms with van der Waals surface area (Å²) in [5.41, 5.74) is 1.19. The lowest BCUT2D eigenvalue weighted by Crippen LogP contribution is -2.01. The third-order valence-corrected chi connectivity index (χ3v) is 4.66. The largest absolute Gasteiger partial charge is 0.494 e. The molecule has 0 fully saturated rings. The molecule has 0 bridgehead atoms. The summed E-state index contributed by atoms with van der Waals surface area (Å²) in [6.45, 7) is 3.06. The van der Waals surface area contributed by atoms with Gasteiger partial charge < -0.3 is 4.74 Å². The fourth-order valence-corrected chi connectivity index (χ4v) is 2.81. The summed E-state index contributed by atoms with van der Waals surface area (Å²) >= 11 is 3.19. The Morgan fingerprint density at radius 1 is 0.957 bits per heavy atom. The van der Waals surface area contributed by atoms with Crippen LogP contribution in [-0.2, 0) is 11.2 Å². The van der Waals surface area contributed by atoms with Crippen LogP contribution in [0.1, 0.15) is 70.3 Å². The van der Waals surface area contributed by atoms with E-state index < -0.39 is 0 Å². The van der Waals surface area contributed by atoms with E-state index in [0.29, 0.717) is 11.8 Å². The molecule has 23 heavy (non-hydrogen) atoms. The standard InChI is InChI=1S/C20H31BrO2/c1-2-3-4-5-6-7-8-9-16-23-20-14-11-18(12-15-20)10-13-19(22)17-21/h11-12,14-15H,2-10,13,16-17H2,1H3. The first-order chi connectivity index (χ1) is 11.3. The number of aryl methyl sites for hydroxylation is 1. The Kier molecular flexibility index (Phi) is 11.9. The van der Waals surface area contributed by atoms with Gasteiger partial charge in [-0.3, -0.25) is 4.79 Å². The third-order valence-electron chi connectivity index (χ3n) is 4.03. The number of unbranched alkanes of at least 4 members (excludes halogenated alkanes) is 7. The van der Waals surface area contributed by atoms with Gasteiger partial charge in [-0.25, -0.2) is 0 Å². The molecule has 3 heteroatoms. The minimum Gasteiger partial charge on any atom is -0.494 e. The van der Waals surface area contributed by atoms with Crippen molar-refractivity contribution < 1.29 is 9.53 Å². The molecule has 0 aromatic heterocycles. The highest BCUT2D eigenvalue weighted by atomic mass is 79.9. The SMILES string of the molecule is CCCCCCCCCCOc1ccc(CCC(=O)CBr)cc1. The van der Waals surface area contributed by atoms with Crippen LogP contribution < -0.4 is 4.74 Å². The van der Waals surface area contributed by atoms with E-state index in [-0.39, 0.29) is 5.78 Å². The number of benzene rings is 1. The fraction of sp³-hybridized carbons (Fsp3) is 0.650. The number of Topliss-reactive ketones (excluding diaryl/α,β-unsaturated/α-hetero) is 1. The molecule has 0 heterocycles. The molecule has 0 N–H and O–H groups in total. The molecule has 0 radical (unpaired) electrons. The van der Waals surface area contributed by atoms with Gasteiger partial charge in [-0.05, 0) is 30.5 Å². The van der Waals surface area contributed by atoms with Gasteiger partial charge in [0, 0.05) is 6.42 Å². The summed E-state index contributed by atoms with van der Waals surface area (Å²) in [5, 5.41) is 0.451. The first kappa shape index (κ1) is 20.2. The van der Waals surface area contributed by atoms with Crippen LogP contribution in [0.4, 0.5) is 0 Å². The van der Waals surface area contributed by atoms with Gasteiger partial charge >= 0.3 is 0 Å². The van der Waals surface area contributed by atoms with Crippen molar-refractivity contribution >= 4 is 21.7 Å². The maximum atomic E-state index is 11.3. The molecule has 1 rings (SSSR count). The number of ketones is 1. The van der Waals surface area contributed by atoms with Crippen molar-refractivity contribution in [3.63, 3.8) is 0 Å². The number of hydrogen-bond donors (Lipinski definition) is 0. The van der Waals surface area contributed by atoms with Gasteiger partial charge in [0.1, 0.15) is 11.5 Å². The van der Waals surface area contributed by atoms with Gasteiger partial charge in [0.25, 0.3) is 0 Å². The minimum atomic E-state index is 0.250. The second kappa shape index (κ2) is 13.6. The molecule has 0 aliphatic carbocycles. The Hall–Kier alpha value is -0.830. The van der Waals surface area contributed by atoms with Crippen LogP contribution in [-0.4, -0.2) is 17.7 Å². The summed E-state index contributed by atoms with van der Waals surface area (Å²) in [4.78, 5) is 11.3. The van der Waals surface area contributed by atoms with Gasteiger partial charge in [-0.15, -0.1) is 0 Å². The summed E-state index contributed by atoms with van der Waals surface area (Å²) in [6, 6.07) is 8.15.